The predicted octanol–water partition coefficient (Wildman–Crippen LogP) is 2.20. The third-order valence-corrected chi connectivity index (χ3v) is 4.12. The molecule has 1 saturated heterocycles. The zero-order chi connectivity index (χ0) is 12.5. The summed E-state index contributed by atoms with van der Waals surface area (Å²) >= 11 is 6.01. The molecule has 2 N–H and O–H groups in total. The van der Waals surface area contributed by atoms with Gasteiger partial charge >= 0.3 is 0 Å². The van der Waals surface area contributed by atoms with Gasteiger partial charge < -0.3 is 10.6 Å². The highest BCUT2D eigenvalue weighted by atomic mass is 35.5. The number of piperidine rings is 1. The summed E-state index contributed by atoms with van der Waals surface area (Å²) in [6.45, 7) is 0.748. The summed E-state index contributed by atoms with van der Waals surface area (Å²) in [5.74, 6) is 0.173. The lowest BCUT2D eigenvalue weighted by Gasteiger charge is -2.27. The first-order valence-corrected chi connectivity index (χ1v) is 6.91. The lowest BCUT2D eigenvalue weighted by molar-refractivity contribution is -0.122. The molecule has 96 valence electrons. The van der Waals surface area contributed by atoms with Crippen molar-refractivity contribution in [2.45, 2.75) is 37.8 Å². The average Bonchev–Trinajstić information content (AvgIpc) is 2.74. The number of carbonyl (C=O) groups excluding carboxylic acids is 1. The quantitative estimate of drug-likeness (QED) is 0.860. The first kappa shape index (κ1) is 12.0. The van der Waals surface area contributed by atoms with Gasteiger partial charge in [0.05, 0.1) is 0 Å². The van der Waals surface area contributed by atoms with Crippen molar-refractivity contribution < 1.29 is 4.79 Å². The molecule has 4 heteroatoms. The Hall–Kier alpha value is -1.06. The predicted molar refractivity (Wildman–Crippen MR) is 71.7 cm³/mol. The van der Waals surface area contributed by atoms with Gasteiger partial charge in [-0.05, 0) is 42.5 Å². The van der Waals surface area contributed by atoms with Crippen LogP contribution in [0.25, 0.3) is 0 Å². The summed E-state index contributed by atoms with van der Waals surface area (Å²) in [6, 6.07) is 6.97. The van der Waals surface area contributed by atoms with Crippen LogP contribution in [0, 0.1) is 0 Å². The van der Waals surface area contributed by atoms with Gasteiger partial charge in [0.2, 0.25) is 5.91 Å². The summed E-state index contributed by atoms with van der Waals surface area (Å²) in [6.07, 6.45) is 3.79. The lowest BCUT2D eigenvalue weighted by atomic mass is 10.0. The molecule has 0 bridgehead atoms. The van der Waals surface area contributed by atoms with Crippen molar-refractivity contribution in [3.63, 3.8) is 0 Å². The molecule has 2 aliphatic rings. The Morgan fingerprint density at radius 3 is 2.94 bits per heavy atom. The Bertz CT molecular complexity index is 465. The van der Waals surface area contributed by atoms with Gasteiger partial charge in [0, 0.05) is 30.1 Å². The third kappa shape index (κ3) is 2.38. The highest BCUT2D eigenvalue weighted by Crippen LogP contribution is 2.33. The fourth-order valence-electron chi connectivity index (χ4n) is 2.92. The van der Waals surface area contributed by atoms with Gasteiger partial charge in [-0.25, -0.2) is 0 Å². The molecule has 1 aromatic rings. The molecule has 1 aliphatic carbocycles. The van der Waals surface area contributed by atoms with E-state index in [1.165, 1.54) is 11.1 Å². The topological polar surface area (TPSA) is 41.1 Å². The van der Waals surface area contributed by atoms with Gasteiger partial charge in [-0.3, -0.25) is 4.79 Å². The van der Waals surface area contributed by atoms with Crippen LogP contribution in [0.4, 0.5) is 0 Å². The number of amides is 1. The van der Waals surface area contributed by atoms with Crippen molar-refractivity contribution in [1.82, 2.24) is 10.6 Å². The lowest BCUT2D eigenvalue weighted by Crippen LogP contribution is -2.46. The minimum Gasteiger partial charge on any atom is -0.355 e. The molecular weight excluding hydrogens is 248 g/mol. The van der Waals surface area contributed by atoms with Crippen molar-refractivity contribution in [2.75, 3.05) is 6.54 Å². The molecule has 3 rings (SSSR count). The number of rotatable bonds is 2. The molecular formula is C14H17ClN2O. The zero-order valence-electron chi connectivity index (χ0n) is 10.2. The van der Waals surface area contributed by atoms with Crippen LogP contribution in [-0.2, 0) is 11.2 Å². The van der Waals surface area contributed by atoms with Crippen LogP contribution in [0.3, 0.4) is 0 Å². The molecule has 1 aromatic carbocycles. The van der Waals surface area contributed by atoms with Gasteiger partial charge in [0.25, 0.3) is 0 Å². The van der Waals surface area contributed by atoms with E-state index >= 15 is 0 Å². The van der Waals surface area contributed by atoms with E-state index in [1.807, 2.05) is 6.07 Å². The Kier molecular flexibility index (Phi) is 3.27. The van der Waals surface area contributed by atoms with Crippen LogP contribution in [0.5, 0.6) is 0 Å². The first-order chi connectivity index (χ1) is 8.72. The maximum absolute atomic E-state index is 11.1. The van der Waals surface area contributed by atoms with Gasteiger partial charge in [-0.1, -0.05) is 17.7 Å². The van der Waals surface area contributed by atoms with E-state index in [4.69, 9.17) is 11.6 Å². The molecule has 0 aromatic heterocycles. The maximum Gasteiger partial charge on any atom is 0.220 e. The van der Waals surface area contributed by atoms with E-state index in [1.54, 1.807) is 0 Å². The second kappa shape index (κ2) is 4.90. The fourth-order valence-corrected chi connectivity index (χ4v) is 3.11. The summed E-state index contributed by atoms with van der Waals surface area (Å²) in [5.41, 5.74) is 2.73. The Labute approximate surface area is 112 Å². The Balaban J connectivity index is 1.67. The molecule has 1 aliphatic heterocycles. The third-order valence-electron chi connectivity index (χ3n) is 3.89. The average molecular weight is 265 g/mol. The second-order valence-corrected chi connectivity index (χ2v) is 5.58. The number of benzene rings is 1. The van der Waals surface area contributed by atoms with Gasteiger partial charge in [0.1, 0.15) is 0 Å². The summed E-state index contributed by atoms with van der Waals surface area (Å²) < 4.78 is 0. The fraction of sp³-hybridized carbons (Fsp3) is 0.500. The number of hydrogen-bond donors (Lipinski definition) is 2. The van der Waals surface area contributed by atoms with Crippen LogP contribution < -0.4 is 10.6 Å². The standard InChI is InChI=1S/C14H17ClN2O/c15-10-2-4-12-9(7-10)1-5-13(12)17-11-3-6-14(18)16-8-11/h2,4,7,11,13,17H,1,3,5-6,8H2,(H,16,18). The zero-order valence-corrected chi connectivity index (χ0v) is 11.0. The molecule has 1 amide bonds. The molecule has 1 heterocycles. The van der Waals surface area contributed by atoms with E-state index in [9.17, 15) is 4.79 Å². The maximum atomic E-state index is 11.1. The van der Waals surface area contributed by atoms with Crippen molar-refractivity contribution in [1.29, 1.82) is 0 Å². The normalized spacial score (nSPS) is 26.8. The van der Waals surface area contributed by atoms with Gasteiger partial charge in [-0.2, -0.15) is 0 Å². The van der Waals surface area contributed by atoms with Crippen LogP contribution >= 0.6 is 11.6 Å². The number of hydrogen-bond acceptors (Lipinski definition) is 2. The molecule has 0 spiro atoms. The number of fused-ring (bicyclic) bond motifs is 1. The van der Waals surface area contributed by atoms with E-state index in [2.05, 4.69) is 22.8 Å². The molecule has 2 unspecified atom stereocenters. The monoisotopic (exact) mass is 264 g/mol. The molecule has 1 fully saturated rings. The van der Waals surface area contributed by atoms with E-state index in [0.717, 1.165) is 30.8 Å². The first-order valence-electron chi connectivity index (χ1n) is 6.53. The molecule has 2 atom stereocenters. The van der Waals surface area contributed by atoms with Crippen LogP contribution in [0.1, 0.15) is 36.4 Å². The highest BCUT2D eigenvalue weighted by molar-refractivity contribution is 6.30. The molecule has 18 heavy (non-hydrogen) atoms. The smallest absolute Gasteiger partial charge is 0.220 e. The van der Waals surface area contributed by atoms with Gasteiger partial charge in [0.15, 0.2) is 0 Å². The Morgan fingerprint density at radius 2 is 2.17 bits per heavy atom. The van der Waals surface area contributed by atoms with Crippen LogP contribution in [0.2, 0.25) is 5.02 Å². The van der Waals surface area contributed by atoms with Crippen molar-refractivity contribution in [2.24, 2.45) is 0 Å². The van der Waals surface area contributed by atoms with Crippen molar-refractivity contribution >= 4 is 17.5 Å². The van der Waals surface area contributed by atoms with Crippen LogP contribution in [0.15, 0.2) is 18.2 Å². The number of aryl methyl sites for hydroxylation is 1. The number of carbonyl (C=O) groups is 1. The van der Waals surface area contributed by atoms with Crippen molar-refractivity contribution in [3.8, 4) is 0 Å². The number of halogens is 1. The highest BCUT2D eigenvalue weighted by Gasteiger charge is 2.26. The largest absolute Gasteiger partial charge is 0.355 e. The number of nitrogens with one attached hydrogen (secondary N) is 2. The SMILES string of the molecule is O=C1CCC(NC2CCc3cc(Cl)ccc32)CN1. The van der Waals surface area contributed by atoms with Crippen molar-refractivity contribution in [3.05, 3.63) is 34.3 Å². The summed E-state index contributed by atoms with van der Waals surface area (Å²) in [5, 5.41) is 7.39. The summed E-state index contributed by atoms with van der Waals surface area (Å²) in [4.78, 5) is 11.1. The molecule has 0 radical (unpaired) electrons. The van der Waals surface area contributed by atoms with Gasteiger partial charge in [-0.15, -0.1) is 0 Å². The molecule has 0 saturated carbocycles. The van der Waals surface area contributed by atoms with E-state index in [-0.39, 0.29) is 5.91 Å². The van der Waals surface area contributed by atoms with E-state index < -0.39 is 0 Å². The summed E-state index contributed by atoms with van der Waals surface area (Å²) in [7, 11) is 0. The minimum absolute atomic E-state index is 0.173. The second-order valence-electron chi connectivity index (χ2n) is 5.14. The minimum atomic E-state index is 0.173. The van der Waals surface area contributed by atoms with Crippen LogP contribution in [-0.4, -0.2) is 18.5 Å². The molecule has 3 nitrogen and oxygen atoms in total. The van der Waals surface area contributed by atoms with E-state index in [0.29, 0.717) is 18.5 Å². The Morgan fingerprint density at radius 1 is 1.28 bits per heavy atom.